The molecular weight excluding hydrogens is 395 g/mol. The summed E-state index contributed by atoms with van der Waals surface area (Å²) in [7, 11) is 0. The summed E-state index contributed by atoms with van der Waals surface area (Å²) in [5.41, 5.74) is 8.67. The van der Waals surface area contributed by atoms with Crippen molar-refractivity contribution < 1.29 is 0 Å². The number of benzene rings is 2. The summed E-state index contributed by atoms with van der Waals surface area (Å²) in [6, 6.07) is 20.2. The van der Waals surface area contributed by atoms with Crippen molar-refractivity contribution in [1.82, 2.24) is 0 Å². The molecule has 0 unspecified atom stereocenters. The normalized spacial score (nSPS) is 9.81. The molecule has 0 aliphatic heterocycles. The summed E-state index contributed by atoms with van der Waals surface area (Å²) in [5, 5.41) is 0. The van der Waals surface area contributed by atoms with Crippen LogP contribution in [0.2, 0.25) is 0 Å². The van der Waals surface area contributed by atoms with E-state index in [1.165, 1.54) is 6.54 Å². The first-order valence-electron chi connectivity index (χ1n) is 4.87. The Morgan fingerprint density at radius 3 is 1.62 bits per heavy atom. The van der Waals surface area contributed by atoms with Gasteiger partial charge in [0.25, 0.3) is 0 Å². The van der Waals surface area contributed by atoms with E-state index in [0.29, 0.717) is 0 Å². The van der Waals surface area contributed by atoms with Crippen LogP contribution in [0.4, 0.5) is 0 Å². The Hall–Kier alpha value is -1.37. The maximum atomic E-state index is 8.67. The van der Waals surface area contributed by atoms with E-state index in [1.807, 2.05) is 36.4 Å². The minimum atomic E-state index is -2.44. The number of nitrogens with zero attached hydrogens (tertiary/aromatic N) is 3. The molecule has 16 heavy (non-hydrogen) atoms. The van der Waals surface area contributed by atoms with E-state index in [2.05, 4.69) is 32.2 Å². The fraction of sp³-hybridized carbons (Fsp3) is 0. The van der Waals surface area contributed by atoms with Gasteiger partial charge in [-0.1, -0.05) is 0 Å². The molecule has 2 aromatic carbocycles. The zero-order valence-electron chi connectivity index (χ0n) is 8.56. The molecule has 0 N–H and O–H groups in total. The van der Waals surface area contributed by atoms with Crippen molar-refractivity contribution in [1.29, 1.82) is 0 Å². The summed E-state index contributed by atoms with van der Waals surface area (Å²) in [6.07, 6.45) is 0. The van der Waals surface area contributed by atoms with Crippen LogP contribution in [0.3, 0.4) is 0 Å². The average Bonchev–Trinajstić information content (AvgIpc) is 2.38. The van der Waals surface area contributed by atoms with Crippen molar-refractivity contribution in [2.24, 2.45) is 3.06 Å². The molecule has 0 aliphatic carbocycles. The molecule has 2 rings (SSSR count). The third-order valence-electron chi connectivity index (χ3n) is 2.13. The van der Waals surface area contributed by atoms with Gasteiger partial charge in [0.05, 0.1) is 0 Å². The van der Waals surface area contributed by atoms with Gasteiger partial charge in [-0.05, 0) is 0 Å². The van der Waals surface area contributed by atoms with Gasteiger partial charge in [-0.2, -0.15) is 0 Å². The molecule has 0 bridgehead atoms. The van der Waals surface area contributed by atoms with Gasteiger partial charge in [-0.3, -0.25) is 0 Å². The first-order valence-corrected chi connectivity index (χ1v) is 9.90. The molecule has 0 saturated carbocycles. The summed E-state index contributed by atoms with van der Waals surface area (Å²) >= 11 is -2.44. The van der Waals surface area contributed by atoms with E-state index in [-0.39, 0.29) is 0 Å². The molecule has 0 fully saturated rings. The van der Waals surface area contributed by atoms with Crippen molar-refractivity contribution in [2.45, 2.75) is 0 Å². The molecule has 0 radical (unpaired) electrons. The second kappa shape index (κ2) is 5.64. The third kappa shape index (κ3) is 2.60. The van der Waals surface area contributed by atoms with Gasteiger partial charge in [0, 0.05) is 0 Å². The Bertz CT molecular complexity index is 453. The van der Waals surface area contributed by atoms with Crippen LogP contribution in [-0.2, 0) is 0 Å². The molecular formula is C12H10BiN3. The van der Waals surface area contributed by atoms with Crippen LogP contribution in [0.5, 0.6) is 0 Å². The summed E-state index contributed by atoms with van der Waals surface area (Å²) < 4.78 is 6.47. The van der Waals surface area contributed by atoms with Gasteiger partial charge in [0.1, 0.15) is 0 Å². The zero-order valence-corrected chi connectivity index (χ0v) is 12.0. The van der Waals surface area contributed by atoms with E-state index in [4.69, 9.17) is 5.53 Å². The van der Waals surface area contributed by atoms with Gasteiger partial charge < -0.3 is 0 Å². The fourth-order valence-corrected chi connectivity index (χ4v) is 7.24. The second-order valence-corrected chi connectivity index (χ2v) is 10.3. The van der Waals surface area contributed by atoms with E-state index in [9.17, 15) is 0 Å². The van der Waals surface area contributed by atoms with Crippen LogP contribution in [0.15, 0.2) is 63.7 Å². The van der Waals surface area contributed by atoms with Crippen molar-refractivity contribution >= 4 is 28.6 Å². The quantitative estimate of drug-likeness (QED) is 0.325. The van der Waals surface area contributed by atoms with Crippen LogP contribution in [0, 0.1) is 0 Å². The molecule has 0 saturated heterocycles. The fourth-order valence-electron chi connectivity index (χ4n) is 1.43. The van der Waals surface area contributed by atoms with Crippen LogP contribution in [0.1, 0.15) is 0 Å². The van der Waals surface area contributed by atoms with Crippen molar-refractivity contribution in [2.75, 3.05) is 0 Å². The molecule has 0 heterocycles. The summed E-state index contributed by atoms with van der Waals surface area (Å²) in [6.45, 7) is 0. The van der Waals surface area contributed by atoms with Gasteiger partial charge in [-0.25, -0.2) is 0 Å². The number of hydrogen-bond acceptors (Lipinski definition) is 1. The number of rotatable bonds is 3. The van der Waals surface area contributed by atoms with Gasteiger partial charge in [0.2, 0.25) is 0 Å². The second-order valence-electron chi connectivity index (χ2n) is 3.16. The van der Waals surface area contributed by atoms with Gasteiger partial charge in [-0.15, -0.1) is 0 Å². The van der Waals surface area contributed by atoms with Crippen LogP contribution >= 0.6 is 0 Å². The number of azide groups is 1. The molecule has 3 nitrogen and oxygen atoms in total. The van der Waals surface area contributed by atoms with Crippen LogP contribution in [-0.4, -0.2) is 22.0 Å². The monoisotopic (exact) mass is 405 g/mol. The Morgan fingerprint density at radius 1 is 0.812 bits per heavy atom. The summed E-state index contributed by atoms with van der Waals surface area (Å²) in [4.78, 5) is 3.00. The maximum absolute atomic E-state index is 8.67. The van der Waals surface area contributed by atoms with Crippen LogP contribution < -0.4 is 6.54 Å². The Kier molecular flexibility index (Phi) is 3.93. The van der Waals surface area contributed by atoms with E-state index >= 15 is 0 Å². The molecule has 0 spiro atoms. The van der Waals surface area contributed by atoms with Crippen LogP contribution in [0.25, 0.3) is 10.4 Å². The molecule has 0 atom stereocenters. The Morgan fingerprint density at radius 2 is 1.25 bits per heavy atom. The zero-order chi connectivity index (χ0) is 11.2. The topological polar surface area (TPSA) is 48.8 Å². The van der Waals surface area contributed by atoms with E-state index < -0.39 is 22.0 Å². The van der Waals surface area contributed by atoms with Crippen molar-refractivity contribution in [3.8, 4) is 0 Å². The average molecular weight is 405 g/mol. The summed E-state index contributed by atoms with van der Waals surface area (Å²) in [5.74, 6) is 0. The molecule has 2 aromatic rings. The minimum absolute atomic E-state index is 1.21. The molecule has 0 amide bonds. The SMILES string of the molecule is [N-]=[N+]=[N][Bi]([c]1ccccc1)[c]1ccccc1. The van der Waals surface area contributed by atoms with Gasteiger partial charge in [0.15, 0.2) is 0 Å². The van der Waals surface area contributed by atoms with Gasteiger partial charge >= 0.3 is 103 Å². The number of hydrogen-bond donors (Lipinski definition) is 0. The predicted octanol–water partition coefficient (Wildman–Crippen LogP) is 2.10. The Labute approximate surface area is 102 Å². The first-order chi connectivity index (χ1) is 7.92. The van der Waals surface area contributed by atoms with Crippen molar-refractivity contribution in [3.05, 3.63) is 71.1 Å². The Balaban J connectivity index is 2.43. The third-order valence-corrected chi connectivity index (χ3v) is 9.26. The van der Waals surface area contributed by atoms with E-state index in [0.717, 1.165) is 0 Å². The molecule has 0 aromatic heterocycles. The van der Waals surface area contributed by atoms with Crippen molar-refractivity contribution in [3.63, 3.8) is 0 Å². The molecule has 78 valence electrons. The molecule has 4 heteroatoms. The predicted molar refractivity (Wildman–Crippen MR) is 67.1 cm³/mol. The van der Waals surface area contributed by atoms with E-state index in [1.54, 1.807) is 0 Å². The molecule has 0 aliphatic rings. The first kappa shape index (κ1) is 11.1. The standard InChI is InChI=1S/2C6H5.Bi.N3/c2*1-2-4-6-5-3-1;;1-3-2/h2*1-5H;;/q;;+1;-1.